The number of aryl methyl sites for hydroxylation is 1. The van der Waals surface area contributed by atoms with Gasteiger partial charge in [0.15, 0.2) is 0 Å². The minimum Gasteiger partial charge on any atom is -0.334 e. The quantitative estimate of drug-likeness (QED) is 0.923. The zero-order chi connectivity index (χ0) is 14.8. The van der Waals surface area contributed by atoms with E-state index in [0.717, 1.165) is 31.6 Å². The fourth-order valence-electron chi connectivity index (χ4n) is 3.52. The first-order valence-electron chi connectivity index (χ1n) is 8.28. The molecule has 21 heavy (non-hydrogen) atoms. The Balaban J connectivity index is 1.54. The number of carbonyl (C=O) groups excluding carboxylic acids is 1. The van der Waals surface area contributed by atoms with Gasteiger partial charge in [0, 0.05) is 30.9 Å². The molecular weight excluding hydrogens is 264 g/mol. The first-order valence-corrected chi connectivity index (χ1v) is 8.28. The van der Waals surface area contributed by atoms with E-state index in [9.17, 15) is 4.79 Å². The molecule has 1 amide bonds. The highest BCUT2D eigenvalue weighted by Crippen LogP contribution is 2.25. The number of H-pyrrole nitrogens is 1. The van der Waals surface area contributed by atoms with Crippen LogP contribution in [0.15, 0.2) is 6.07 Å². The molecule has 3 rings (SSSR count). The van der Waals surface area contributed by atoms with Crippen molar-refractivity contribution < 1.29 is 4.79 Å². The molecule has 2 aliphatic rings. The molecule has 2 saturated heterocycles. The van der Waals surface area contributed by atoms with Gasteiger partial charge in [0.05, 0.1) is 0 Å². The van der Waals surface area contributed by atoms with Crippen molar-refractivity contribution in [3.05, 3.63) is 17.5 Å². The van der Waals surface area contributed by atoms with Crippen LogP contribution in [0.3, 0.4) is 0 Å². The molecule has 2 fully saturated rings. The smallest absolute Gasteiger partial charge is 0.274 e. The molecule has 1 aromatic rings. The summed E-state index contributed by atoms with van der Waals surface area (Å²) < 4.78 is 0. The lowest BCUT2D eigenvalue weighted by Gasteiger charge is -2.49. The predicted octanol–water partition coefficient (Wildman–Crippen LogP) is 2.06. The van der Waals surface area contributed by atoms with Crippen LogP contribution >= 0.6 is 0 Å². The molecule has 5 nitrogen and oxygen atoms in total. The Morgan fingerprint density at radius 2 is 2.24 bits per heavy atom. The molecule has 1 unspecified atom stereocenters. The average molecular weight is 290 g/mol. The van der Waals surface area contributed by atoms with E-state index in [1.807, 2.05) is 11.0 Å². The summed E-state index contributed by atoms with van der Waals surface area (Å²) in [5, 5.41) is 7.12. The lowest BCUT2D eigenvalue weighted by atomic mass is 9.97. The van der Waals surface area contributed by atoms with Gasteiger partial charge in [-0.2, -0.15) is 5.10 Å². The molecule has 0 saturated carbocycles. The van der Waals surface area contributed by atoms with Crippen molar-refractivity contribution in [2.45, 2.75) is 58.0 Å². The highest BCUT2D eigenvalue weighted by atomic mass is 16.2. The fraction of sp³-hybridized carbons (Fsp3) is 0.750. The molecule has 1 N–H and O–H groups in total. The second-order valence-corrected chi connectivity index (χ2v) is 6.48. The third-order valence-electron chi connectivity index (χ3n) is 4.84. The van der Waals surface area contributed by atoms with E-state index in [1.54, 1.807) is 0 Å². The Bertz CT molecular complexity index is 492. The van der Waals surface area contributed by atoms with Crippen LogP contribution in [-0.4, -0.2) is 57.6 Å². The third-order valence-corrected chi connectivity index (χ3v) is 4.84. The lowest BCUT2D eigenvalue weighted by molar-refractivity contribution is 0.00181. The second kappa shape index (κ2) is 6.18. The van der Waals surface area contributed by atoms with Crippen molar-refractivity contribution in [1.82, 2.24) is 20.0 Å². The standard InChI is InChI=1S/C16H26N4O/c1-3-6-13-9-15(18-17-13)16(21)19-10-14(11-19)20-8-5-4-7-12(20)2/h9,12,14H,3-8,10-11H2,1-2H3,(H,17,18). The highest BCUT2D eigenvalue weighted by Gasteiger charge is 2.38. The Morgan fingerprint density at radius 3 is 2.95 bits per heavy atom. The van der Waals surface area contributed by atoms with Crippen LogP contribution in [0.2, 0.25) is 0 Å². The summed E-state index contributed by atoms with van der Waals surface area (Å²) in [4.78, 5) is 16.9. The van der Waals surface area contributed by atoms with Crippen LogP contribution in [0.25, 0.3) is 0 Å². The van der Waals surface area contributed by atoms with Gasteiger partial charge >= 0.3 is 0 Å². The number of likely N-dealkylation sites (tertiary alicyclic amines) is 2. The number of aromatic nitrogens is 2. The zero-order valence-corrected chi connectivity index (χ0v) is 13.1. The van der Waals surface area contributed by atoms with Gasteiger partial charge in [-0.15, -0.1) is 0 Å². The molecule has 2 aliphatic heterocycles. The van der Waals surface area contributed by atoms with Gasteiger partial charge in [0.2, 0.25) is 0 Å². The summed E-state index contributed by atoms with van der Waals surface area (Å²) in [6.07, 6.45) is 5.96. The molecule has 116 valence electrons. The number of nitrogens with one attached hydrogen (secondary N) is 1. The van der Waals surface area contributed by atoms with Gasteiger partial charge in [-0.1, -0.05) is 19.8 Å². The Kier molecular flexibility index (Phi) is 4.29. The first-order chi connectivity index (χ1) is 10.2. The highest BCUT2D eigenvalue weighted by molar-refractivity contribution is 5.93. The number of rotatable bonds is 4. The van der Waals surface area contributed by atoms with Gasteiger partial charge in [0.1, 0.15) is 5.69 Å². The first kappa shape index (κ1) is 14.6. The van der Waals surface area contributed by atoms with E-state index < -0.39 is 0 Å². The van der Waals surface area contributed by atoms with Crippen LogP contribution in [-0.2, 0) is 6.42 Å². The summed E-state index contributed by atoms with van der Waals surface area (Å²) in [5.41, 5.74) is 1.63. The molecule has 1 atom stereocenters. The van der Waals surface area contributed by atoms with Crippen molar-refractivity contribution in [3.8, 4) is 0 Å². The maximum atomic E-state index is 12.4. The molecule has 0 spiro atoms. The maximum Gasteiger partial charge on any atom is 0.274 e. The lowest BCUT2D eigenvalue weighted by Crippen LogP contribution is -2.63. The van der Waals surface area contributed by atoms with Crippen molar-refractivity contribution >= 4 is 5.91 Å². The SMILES string of the molecule is CCCc1cc(C(=O)N2CC(N3CCCCC3C)C2)n[nH]1. The molecular formula is C16H26N4O. The summed E-state index contributed by atoms with van der Waals surface area (Å²) in [6, 6.07) is 3.13. The minimum atomic E-state index is 0.0783. The van der Waals surface area contributed by atoms with E-state index in [2.05, 4.69) is 28.9 Å². The number of aromatic amines is 1. The van der Waals surface area contributed by atoms with E-state index >= 15 is 0 Å². The van der Waals surface area contributed by atoms with Gasteiger partial charge in [-0.25, -0.2) is 0 Å². The number of piperidine rings is 1. The second-order valence-electron chi connectivity index (χ2n) is 6.48. The van der Waals surface area contributed by atoms with Crippen LogP contribution in [0.4, 0.5) is 0 Å². The minimum absolute atomic E-state index is 0.0783. The van der Waals surface area contributed by atoms with E-state index in [-0.39, 0.29) is 5.91 Å². The van der Waals surface area contributed by atoms with Crippen LogP contribution < -0.4 is 0 Å². The van der Waals surface area contributed by atoms with Crippen molar-refractivity contribution in [1.29, 1.82) is 0 Å². The van der Waals surface area contributed by atoms with Gasteiger partial charge in [-0.3, -0.25) is 14.8 Å². The van der Waals surface area contributed by atoms with Gasteiger partial charge in [-0.05, 0) is 38.8 Å². The fourth-order valence-corrected chi connectivity index (χ4v) is 3.52. The van der Waals surface area contributed by atoms with E-state index in [1.165, 1.54) is 25.8 Å². The Hall–Kier alpha value is -1.36. The van der Waals surface area contributed by atoms with Gasteiger partial charge < -0.3 is 4.90 Å². The molecule has 1 aromatic heterocycles. The summed E-state index contributed by atoms with van der Waals surface area (Å²) >= 11 is 0. The zero-order valence-electron chi connectivity index (χ0n) is 13.1. The largest absolute Gasteiger partial charge is 0.334 e. The molecule has 0 bridgehead atoms. The maximum absolute atomic E-state index is 12.4. The Labute approximate surface area is 126 Å². The third kappa shape index (κ3) is 2.98. The number of nitrogens with zero attached hydrogens (tertiary/aromatic N) is 3. The predicted molar refractivity (Wildman–Crippen MR) is 82.3 cm³/mol. The summed E-state index contributed by atoms with van der Waals surface area (Å²) in [6.45, 7) is 7.35. The number of amides is 1. The molecule has 5 heteroatoms. The van der Waals surface area contributed by atoms with Crippen molar-refractivity contribution in [2.75, 3.05) is 19.6 Å². The van der Waals surface area contributed by atoms with Crippen LogP contribution in [0.5, 0.6) is 0 Å². The van der Waals surface area contributed by atoms with Crippen LogP contribution in [0, 0.1) is 0 Å². The average Bonchev–Trinajstić information content (AvgIpc) is 2.88. The van der Waals surface area contributed by atoms with Crippen molar-refractivity contribution in [2.24, 2.45) is 0 Å². The monoisotopic (exact) mass is 290 g/mol. The Morgan fingerprint density at radius 1 is 1.43 bits per heavy atom. The van der Waals surface area contributed by atoms with Crippen molar-refractivity contribution in [3.63, 3.8) is 0 Å². The van der Waals surface area contributed by atoms with Crippen LogP contribution in [0.1, 0.15) is 55.7 Å². The molecule has 0 aliphatic carbocycles. The van der Waals surface area contributed by atoms with E-state index in [0.29, 0.717) is 17.8 Å². The number of hydrogen-bond donors (Lipinski definition) is 1. The summed E-state index contributed by atoms with van der Waals surface area (Å²) in [7, 11) is 0. The number of carbonyl (C=O) groups is 1. The van der Waals surface area contributed by atoms with Gasteiger partial charge in [0.25, 0.3) is 5.91 Å². The topological polar surface area (TPSA) is 52.2 Å². The molecule has 0 radical (unpaired) electrons. The molecule has 0 aromatic carbocycles. The normalized spacial score (nSPS) is 24.1. The molecule has 3 heterocycles. The van der Waals surface area contributed by atoms with E-state index in [4.69, 9.17) is 0 Å². The number of hydrogen-bond acceptors (Lipinski definition) is 3. The summed E-state index contributed by atoms with van der Waals surface area (Å²) in [5.74, 6) is 0.0783.